The molecule has 1 aromatic carbocycles. The topological polar surface area (TPSA) is 15.7 Å². The van der Waals surface area contributed by atoms with Crippen LogP contribution in [0.4, 0.5) is 5.69 Å². The van der Waals surface area contributed by atoms with Crippen LogP contribution in [0.5, 0.6) is 0 Å². The van der Waals surface area contributed by atoms with Gasteiger partial charge in [-0.05, 0) is 12.1 Å². The van der Waals surface area contributed by atoms with Crippen LogP contribution in [-0.4, -0.2) is 31.2 Å². The lowest BCUT2D eigenvalue weighted by molar-refractivity contribution is -0.105. The van der Waals surface area contributed by atoms with Crippen molar-refractivity contribution in [3.05, 3.63) is 43.2 Å². The molecule has 1 aromatic rings. The van der Waals surface area contributed by atoms with Crippen LogP contribution in [0, 0.1) is 0 Å². The molecule has 0 aromatic heterocycles. The molecule has 3 heteroatoms. The average molecular weight is 204 g/mol. The minimum absolute atomic E-state index is 0.918. The molecule has 1 aliphatic heterocycles. The Balaban J connectivity index is 1.91. The van der Waals surface area contributed by atoms with Crippen molar-refractivity contribution in [2.45, 2.75) is 0 Å². The second kappa shape index (κ2) is 4.84. The average Bonchev–Trinajstić information content (AvgIpc) is 2.32. The number of benzene rings is 1. The van der Waals surface area contributed by atoms with E-state index in [1.165, 1.54) is 11.9 Å². The third-order valence-electron chi connectivity index (χ3n) is 2.58. The molecule has 3 nitrogen and oxygen atoms in total. The Labute approximate surface area is 90.5 Å². The van der Waals surface area contributed by atoms with Crippen molar-refractivity contribution in [1.82, 2.24) is 5.06 Å². The van der Waals surface area contributed by atoms with Crippen molar-refractivity contribution in [3.8, 4) is 0 Å². The minimum Gasteiger partial charge on any atom is -0.414 e. The number of para-hydroxylation sites is 1. The van der Waals surface area contributed by atoms with E-state index in [1.807, 2.05) is 11.1 Å². The van der Waals surface area contributed by atoms with Gasteiger partial charge in [-0.2, -0.15) is 0 Å². The fourth-order valence-corrected chi connectivity index (χ4v) is 1.80. The summed E-state index contributed by atoms with van der Waals surface area (Å²) < 4.78 is 0. The summed E-state index contributed by atoms with van der Waals surface area (Å²) in [7, 11) is 0. The number of rotatable bonds is 3. The van der Waals surface area contributed by atoms with Gasteiger partial charge in [-0.3, -0.25) is 0 Å². The van der Waals surface area contributed by atoms with Gasteiger partial charge in [0.25, 0.3) is 0 Å². The summed E-state index contributed by atoms with van der Waals surface area (Å²) in [5, 5.41) is 1.94. The van der Waals surface area contributed by atoms with Gasteiger partial charge in [0, 0.05) is 18.8 Å². The van der Waals surface area contributed by atoms with Crippen LogP contribution in [0.3, 0.4) is 0 Å². The van der Waals surface area contributed by atoms with E-state index < -0.39 is 0 Å². The van der Waals surface area contributed by atoms with Crippen LogP contribution < -0.4 is 4.90 Å². The van der Waals surface area contributed by atoms with Gasteiger partial charge >= 0.3 is 0 Å². The van der Waals surface area contributed by atoms with Gasteiger partial charge in [-0.25, -0.2) is 0 Å². The van der Waals surface area contributed by atoms with Crippen molar-refractivity contribution in [1.29, 1.82) is 0 Å². The molecule has 0 atom stereocenters. The van der Waals surface area contributed by atoms with Crippen LogP contribution in [0.15, 0.2) is 43.2 Å². The van der Waals surface area contributed by atoms with E-state index in [4.69, 9.17) is 4.84 Å². The highest BCUT2D eigenvalue weighted by molar-refractivity contribution is 5.46. The molecular formula is C12H16N2O. The van der Waals surface area contributed by atoms with Crippen LogP contribution in [0.1, 0.15) is 0 Å². The number of anilines is 1. The van der Waals surface area contributed by atoms with Gasteiger partial charge in [-0.1, -0.05) is 24.8 Å². The lowest BCUT2D eigenvalue weighted by Crippen LogP contribution is -2.45. The number of hydroxylamine groups is 2. The highest BCUT2D eigenvalue weighted by Crippen LogP contribution is 2.15. The van der Waals surface area contributed by atoms with E-state index in [0.717, 1.165) is 26.2 Å². The highest BCUT2D eigenvalue weighted by atomic mass is 16.7. The third-order valence-corrected chi connectivity index (χ3v) is 2.58. The van der Waals surface area contributed by atoms with Crippen molar-refractivity contribution in [3.63, 3.8) is 0 Å². The molecule has 80 valence electrons. The Bertz CT molecular complexity index is 305. The van der Waals surface area contributed by atoms with Crippen LogP contribution >= 0.6 is 0 Å². The molecule has 0 aliphatic carbocycles. The first-order valence-electron chi connectivity index (χ1n) is 5.23. The number of nitrogens with zero attached hydrogens (tertiary/aromatic N) is 2. The van der Waals surface area contributed by atoms with Crippen LogP contribution in [0.25, 0.3) is 0 Å². The lowest BCUT2D eigenvalue weighted by atomic mass is 10.2. The van der Waals surface area contributed by atoms with Gasteiger partial charge in [0.2, 0.25) is 0 Å². The highest BCUT2D eigenvalue weighted by Gasteiger charge is 2.16. The molecule has 0 radical (unpaired) electrons. The fraction of sp³-hybridized carbons (Fsp3) is 0.333. The monoisotopic (exact) mass is 204 g/mol. The SMILES string of the molecule is C=CON1CCN(c2ccccc2)CC1. The second-order valence-electron chi connectivity index (χ2n) is 3.52. The molecule has 1 saturated heterocycles. The van der Waals surface area contributed by atoms with Gasteiger partial charge < -0.3 is 9.74 Å². The predicted octanol–water partition coefficient (Wildman–Crippen LogP) is 1.88. The first-order valence-corrected chi connectivity index (χ1v) is 5.23. The number of hydrogen-bond acceptors (Lipinski definition) is 3. The van der Waals surface area contributed by atoms with E-state index in [9.17, 15) is 0 Å². The quantitative estimate of drug-likeness (QED) is 0.699. The smallest absolute Gasteiger partial charge is 0.104 e. The Morgan fingerprint density at radius 3 is 2.33 bits per heavy atom. The molecule has 0 bridgehead atoms. The summed E-state index contributed by atoms with van der Waals surface area (Å²) in [5.41, 5.74) is 1.29. The Morgan fingerprint density at radius 2 is 1.73 bits per heavy atom. The molecule has 0 N–H and O–H groups in total. The maximum Gasteiger partial charge on any atom is 0.104 e. The zero-order valence-corrected chi connectivity index (χ0v) is 8.80. The Hall–Kier alpha value is -1.48. The molecule has 1 fully saturated rings. The molecule has 0 spiro atoms. The molecule has 1 aliphatic rings. The Morgan fingerprint density at radius 1 is 1.07 bits per heavy atom. The summed E-state index contributed by atoms with van der Waals surface area (Å²) in [6.07, 6.45) is 1.48. The largest absolute Gasteiger partial charge is 0.414 e. The van der Waals surface area contributed by atoms with E-state index >= 15 is 0 Å². The zero-order chi connectivity index (χ0) is 10.5. The number of piperazine rings is 1. The maximum absolute atomic E-state index is 5.24. The van der Waals surface area contributed by atoms with Gasteiger partial charge in [0.05, 0.1) is 13.1 Å². The second-order valence-corrected chi connectivity index (χ2v) is 3.52. The summed E-state index contributed by atoms with van der Waals surface area (Å²) >= 11 is 0. The first kappa shape index (κ1) is 10.1. The summed E-state index contributed by atoms with van der Waals surface area (Å²) in [6.45, 7) is 7.39. The lowest BCUT2D eigenvalue weighted by Gasteiger charge is -2.34. The van der Waals surface area contributed by atoms with E-state index in [2.05, 4.69) is 35.7 Å². The van der Waals surface area contributed by atoms with Crippen molar-refractivity contribution in [2.24, 2.45) is 0 Å². The maximum atomic E-state index is 5.24. The normalized spacial score (nSPS) is 17.5. The minimum atomic E-state index is 0.918. The van der Waals surface area contributed by atoms with Crippen LogP contribution in [-0.2, 0) is 4.84 Å². The van der Waals surface area contributed by atoms with Crippen molar-refractivity contribution >= 4 is 5.69 Å². The molecule has 15 heavy (non-hydrogen) atoms. The summed E-state index contributed by atoms with van der Waals surface area (Å²) in [4.78, 5) is 7.60. The van der Waals surface area contributed by atoms with E-state index in [-0.39, 0.29) is 0 Å². The molecule has 0 amide bonds. The zero-order valence-electron chi connectivity index (χ0n) is 8.80. The standard InChI is InChI=1S/C12H16N2O/c1-2-15-14-10-8-13(9-11-14)12-6-4-3-5-7-12/h2-7H,1,8-11H2. The Kier molecular flexibility index (Phi) is 3.25. The fourth-order valence-electron chi connectivity index (χ4n) is 1.80. The molecule has 1 heterocycles. The van der Waals surface area contributed by atoms with E-state index in [1.54, 1.807) is 0 Å². The summed E-state index contributed by atoms with van der Waals surface area (Å²) in [6, 6.07) is 10.5. The summed E-state index contributed by atoms with van der Waals surface area (Å²) in [5.74, 6) is 0. The van der Waals surface area contributed by atoms with Gasteiger partial charge in [0.1, 0.15) is 6.26 Å². The third kappa shape index (κ3) is 2.50. The molecular weight excluding hydrogens is 188 g/mol. The van der Waals surface area contributed by atoms with E-state index in [0.29, 0.717) is 0 Å². The van der Waals surface area contributed by atoms with Crippen molar-refractivity contribution < 1.29 is 4.84 Å². The molecule has 0 unspecified atom stereocenters. The predicted molar refractivity (Wildman–Crippen MR) is 61.5 cm³/mol. The molecule has 2 rings (SSSR count). The van der Waals surface area contributed by atoms with Crippen LogP contribution in [0.2, 0.25) is 0 Å². The van der Waals surface area contributed by atoms with Gasteiger partial charge in [-0.15, -0.1) is 5.06 Å². The molecule has 0 saturated carbocycles. The number of hydrogen-bond donors (Lipinski definition) is 0. The first-order chi connectivity index (χ1) is 7.40. The van der Waals surface area contributed by atoms with Gasteiger partial charge in [0.15, 0.2) is 0 Å². The van der Waals surface area contributed by atoms with Crippen molar-refractivity contribution in [2.75, 3.05) is 31.1 Å².